The van der Waals surface area contributed by atoms with Crippen molar-refractivity contribution in [3.8, 4) is 11.8 Å². The number of benzene rings is 2. The van der Waals surface area contributed by atoms with Crippen molar-refractivity contribution in [3.63, 3.8) is 0 Å². The Labute approximate surface area is 281 Å². The maximum Gasteiger partial charge on any atom is 0.408 e. The number of rotatable bonds is 9. The molecule has 2 aromatic carbocycles. The molecule has 12 heteroatoms. The number of hydrogen-bond donors (Lipinski definition) is 2. The van der Waals surface area contributed by atoms with Gasteiger partial charge in [-0.3, -0.25) is 0 Å². The van der Waals surface area contributed by atoms with Crippen LogP contribution in [0, 0.1) is 17.7 Å². The number of carbonyl (C=O) groups is 1. The minimum absolute atomic E-state index is 0.00194. The molecule has 1 aliphatic rings. The molecule has 47 heavy (non-hydrogen) atoms. The summed E-state index contributed by atoms with van der Waals surface area (Å²) in [6.45, 7) is 20.0. The standard InChI is InChI=1S/C35H50FN3O6SSi/c1-33(2,3)45-32(40)37-22-13-14-25-17-19-26(20-18-25)24-30-35(7,8)44-31(39-46(30,41)42)38-29(27-15-11-12-16-28(27)36)21-23-43-47(9,10)34(4,5)6/h11-12,15-20,29-30H,21-24H2,1-10H3,(H,37,40)(H,38,39). The van der Waals surface area contributed by atoms with Gasteiger partial charge in [0.25, 0.3) is 6.02 Å². The minimum atomic E-state index is -3.93. The highest BCUT2D eigenvalue weighted by atomic mass is 32.2. The molecular formula is C35H50FN3O6SSi. The van der Waals surface area contributed by atoms with Crippen molar-refractivity contribution >= 4 is 30.5 Å². The van der Waals surface area contributed by atoms with Gasteiger partial charge in [0, 0.05) is 17.7 Å². The van der Waals surface area contributed by atoms with Crippen LogP contribution in [0.4, 0.5) is 9.18 Å². The number of nitrogens with zero attached hydrogens (tertiary/aromatic N) is 1. The van der Waals surface area contributed by atoms with Gasteiger partial charge in [-0.05, 0) is 89.4 Å². The minimum Gasteiger partial charge on any atom is -0.457 e. The van der Waals surface area contributed by atoms with Gasteiger partial charge in [0.05, 0.1) is 12.6 Å². The highest BCUT2D eigenvalue weighted by Gasteiger charge is 2.47. The SMILES string of the molecule is CC(C)(C)OC(=O)NCC#Cc1ccc(CC2C(C)(C)OC(=NC(CCO[Si](C)(C)C(C)(C)C)c3ccccc3F)NS2(=O)=O)cc1. The summed E-state index contributed by atoms with van der Waals surface area (Å²) < 4.78 is 62.4. The number of alkyl carbamates (subject to hydrolysis) is 1. The molecule has 0 radical (unpaired) electrons. The van der Waals surface area contributed by atoms with Crippen LogP contribution < -0.4 is 10.0 Å². The fourth-order valence-corrected chi connectivity index (χ4v) is 7.39. The zero-order chi connectivity index (χ0) is 35.3. The molecule has 258 valence electrons. The number of hydrogen-bond acceptors (Lipinski definition) is 7. The Morgan fingerprint density at radius 3 is 2.32 bits per heavy atom. The number of aliphatic imine (C=N–C) groups is 1. The third-order valence-electron chi connectivity index (χ3n) is 8.26. The number of nitrogens with one attached hydrogen (secondary N) is 2. The lowest BCUT2D eigenvalue weighted by Gasteiger charge is -2.39. The molecule has 2 atom stereocenters. The van der Waals surface area contributed by atoms with Crippen LogP contribution in [0.15, 0.2) is 53.5 Å². The van der Waals surface area contributed by atoms with E-state index in [0.29, 0.717) is 24.2 Å². The molecule has 0 saturated carbocycles. The van der Waals surface area contributed by atoms with Gasteiger partial charge in [0.2, 0.25) is 10.0 Å². The van der Waals surface area contributed by atoms with Crippen molar-refractivity contribution in [3.05, 3.63) is 71.0 Å². The summed E-state index contributed by atoms with van der Waals surface area (Å²) in [5.74, 6) is 5.42. The maximum absolute atomic E-state index is 14.9. The quantitative estimate of drug-likeness (QED) is 0.220. The Bertz CT molecular complexity index is 1600. The molecule has 1 aliphatic heterocycles. The van der Waals surface area contributed by atoms with Crippen molar-refractivity contribution in [2.45, 2.75) is 109 Å². The molecule has 9 nitrogen and oxygen atoms in total. The first-order valence-electron chi connectivity index (χ1n) is 15.8. The van der Waals surface area contributed by atoms with E-state index >= 15 is 0 Å². The lowest BCUT2D eigenvalue weighted by Crippen LogP contribution is -2.59. The zero-order valence-corrected chi connectivity index (χ0v) is 31.1. The second kappa shape index (κ2) is 14.8. The van der Waals surface area contributed by atoms with Gasteiger partial charge in [-0.25, -0.2) is 27.3 Å². The van der Waals surface area contributed by atoms with E-state index in [2.05, 4.69) is 60.7 Å². The number of halogens is 1. The molecule has 2 unspecified atom stereocenters. The van der Waals surface area contributed by atoms with Crippen molar-refractivity contribution in [2.24, 2.45) is 4.99 Å². The molecular weight excluding hydrogens is 638 g/mol. The molecule has 1 saturated heterocycles. The second-order valence-corrected chi connectivity index (χ2v) is 21.4. The lowest BCUT2D eigenvalue weighted by atomic mass is 9.97. The van der Waals surface area contributed by atoms with Crippen molar-refractivity contribution in [2.75, 3.05) is 13.2 Å². The van der Waals surface area contributed by atoms with Gasteiger partial charge in [-0.2, -0.15) is 0 Å². The molecule has 2 aromatic rings. The molecule has 1 amide bonds. The molecule has 0 aliphatic carbocycles. The van der Waals surface area contributed by atoms with Crippen molar-refractivity contribution in [1.29, 1.82) is 0 Å². The van der Waals surface area contributed by atoms with E-state index in [0.717, 1.165) is 5.56 Å². The fourth-order valence-electron chi connectivity index (χ4n) is 4.64. The molecule has 0 bridgehead atoms. The van der Waals surface area contributed by atoms with Gasteiger partial charge in [-0.1, -0.05) is 62.9 Å². The first kappa shape index (κ1) is 38.0. The zero-order valence-electron chi connectivity index (χ0n) is 29.3. The van der Waals surface area contributed by atoms with E-state index in [1.165, 1.54) is 6.07 Å². The average Bonchev–Trinajstić information content (AvgIpc) is 2.91. The van der Waals surface area contributed by atoms with Crippen molar-refractivity contribution in [1.82, 2.24) is 10.0 Å². The first-order valence-corrected chi connectivity index (χ1v) is 20.3. The van der Waals surface area contributed by atoms with Gasteiger partial charge >= 0.3 is 6.09 Å². The molecule has 0 aromatic heterocycles. The maximum atomic E-state index is 14.9. The number of sulfonamides is 1. The highest BCUT2D eigenvalue weighted by Crippen LogP contribution is 2.37. The summed E-state index contributed by atoms with van der Waals surface area (Å²) in [7, 11) is -6.00. The molecule has 3 rings (SSSR count). The van der Waals surface area contributed by atoms with Gasteiger partial charge in [-0.15, -0.1) is 0 Å². The van der Waals surface area contributed by atoms with Crippen LogP contribution in [0.5, 0.6) is 0 Å². The van der Waals surface area contributed by atoms with Crippen LogP contribution in [0.1, 0.15) is 84.5 Å². The summed E-state index contributed by atoms with van der Waals surface area (Å²) in [6, 6.07) is 12.7. The van der Waals surface area contributed by atoms with E-state index in [4.69, 9.17) is 13.9 Å². The number of amides is 1. The summed E-state index contributed by atoms with van der Waals surface area (Å²) in [4.78, 5) is 16.4. The van der Waals surface area contributed by atoms with E-state index < -0.39 is 52.7 Å². The normalized spacial score (nSPS) is 19.0. The second-order valence-electron chi connectivity index (χ2n) is 14.8. The Balaban J connectivity index is 1.73. The predicted molar refractivity (Wildman–Crippen MR) is 187 cm³/mol. The Hall–Kier alpha value is -3.40. The summed E-state index contributed by atoms with van der Waals surface area (Å²) in [5, 5.41) is 1.66. The molecule has 1 fully saturated rings. The summed E-state index contributed by atoms with van der Waals surface area (Å²) in [6.07, 6.45) is -0.0142. The van der Waals surface area contributed by atoms with Crippen LogP contribution in [-0.4, -0.2) is 58.5 Å². The number of carbonyl (C=O) groups excluding carboxylic acids is 1. The van der Waals surface area contributed by atoms with Gasteiger partial charge in [0.15, 0.2) is 8.32 Å². The van der Waals surface area contributed by atoms with Crippen LogP contribution in [0.3, 0.4) is 0 Å². The van der Waals surface area contributed by atoms with E-state index in [1.807, 2.05) is 12.1 Å². The van der Waals surface area contributed by atoms with Crippen LogP contribution >= 0.6 is 0 Å². The first-order chi connectivity index (χ1) is 21.6. The highest BCUT2D eigenvalue weighted by molar-refractivity contribution is 7.90. The van der Waals surface area contributed by atoms with Crippen LogP contribution in [0.2, 0.25) is 18.1 Å². The third kappa shape index (κ3) is 11.1. The predicted octanol–water partition coefficient (Wildman–Crippen LogP) is 6.85. The van der Waals surface area contributed by atoms with Crippen LogP contribution in [0.25, 0.3) is 0 Å². The number of ether oxygens (including phenoxy) is 2. The van der Waals surface area contributed by atoms with Gasteiger partial charge < -0.3 is 19.2 Å². The summed E-state index contributed by atoms with van der Waals surface area (Å²) in [5.41, 5.74) is 0.0944. The summed E-state index contributed by atoms with van der Waals surface area (Å²) >= 11 is 0. The fraction of sp³-hybridized carbons (Fsp3) is 0.543. The Kier molecular flexibility index (Phi) is 12.0. The van der Waals surface area contributed by atoms with Crippen LogP contribution in [-0.2, 0) is 30.3 Å². The third-order valence-corrected chi connectivity index (χ3v) is 14.7. The van der Waals surface area contributed by atoms with E-state index in [1.54, 1.807) is 65.0 Å². The van der Waals surface area contributed by atoms with E-state index in [-0.39, 0.29) is 24.0 Å². The monoisotopic (exact) mass is 687 g/mol. The van der Waals surface area contributed by atoms with Gasteiger partial charge in [0.1, 0.15) is 22.3 Å². The van der Waals surface area contributed by atoms with Crippen molar-refractivity contribution < 1.29 is 31.5 Å². The smallest absolute Gasteiger partial charge is 0.408 e. The molecule has 1 heterocycles. The molecule has 2 N–H and O–H groups in total. The Morgan fingerprint density at radius 2 is 1.74 bits per heavy atom. The topological polar surface area (TPSA) is 115 Å². The van der Waals surface area contributed by atoms with E-state index in [9.17, 15) is 17.6 Å². The number of amidine groups is 1. The Morgan fingerprint density at radius 1 is 1.11 bits per heavy atom. The largest absolute Gasteiger partial charge is 0.457 e. The molecule has 0 spiro atoms. The average molecular weight is 688 g/mol. The lowest BCUT2D eigenvalue weighted by molar-refractivity contribution is 0.0534.